The molecule has 0 spiro atoms. The summed E-state index contributed by atoms with van der Waals surface area (Å²) < 4.78 is 17.8. The van der Waals surface area contributed by atoms with E-state index in [1.165, 1.54) is 69.8 Å². The number of rotatable bonds is 11. The van der Waals surface area contributed by atoms with Gasteiger partial charge in [0.15, 0.2) is 6.29 Å². The molecule has 0 N–H and O–H groups in total. The van der Waals surface area contributed by atoms with Crippen LogP contribution in [0.2, 0.25) is 0 Å². The van der Waals surface area contributed by atoms with E-state index in [4.69, 9.17) is 14.2 Å². The van der Waals surface area contributed by atoms with Gasteiger partial charge in [-0.1, -0.05) is 69.5 Å². The summed E-state index contributed by atoms with van der Waals surface area (Å²) in [5.74, 6) is 0. The minimum Gasteiger partial charge on any atom is -0.366 e. The molecule has 32 heavy (non-hydrogen) atoms. The van der Waals surface area contributed by atoms with Crippen molar-refractivity contribution in [3.8, 4) is 0 Å². The Bertz CT molecular complexity index is 690. The van der Waals surface area contributed by atoms with Crippen molar-refractivity contribution in [1.82, 2.24) is 0 Å². The van der Waals surface area contributed by atoms with E-state index >= 15 is 0 Å². The van der Waals surface area contributed by atoms with E-state index < -0.39 is 0 Å². The molecule has 0 radical (unpaired) electrons. The number of allylic oxidation sites excluding steroid dienone is 1. The van der Waals surface area contributed by atoms with Gasteiger partial charge in [0.05, 0.1) is 19.8 Å². The molecular weight excluding hydrogens is 396 g/mol. The first-order valence-electron chi connectivity index (χ1n) is 13.3. The zero-order valence-corrected chi connectivity index (χ0v) is 20.5. The fourth-order valence-corrected chi connectivity index (χ4v) is 6.20. The highest BCUT2D eigenvalue weighted by atomic mass is 16.7. The van der Waals surface area contributed by atoms with Crippen molar-refractivity contribution in [3.05, 3.63) is 47.5 Å². The normalized spacial score (nSPS) is 32.6. The van der Waals surface area contributed by atoms with Crippen LogP contribution < -0.4 is 0 Å². The number of hydrogen-bond acceptors (Lipinski definition) is 3. The smallest absolute Gasteiger partial charge is 0.180 e. The summed E-state index contributed by atoms with van der Waals surface area (Å²) in [5.41, 5.74) is 3.89. The average molecular weight is 441 g/mol. The Kier molecular flexibility index (Phi) is 8.48. The van der Waals surface area contributed by atoms with E-state index in [0.717, 1.165) is 12.8 Å². The fraction of sp³-hybridized carbons (Fsp3) is 0.724. The molecule has 3 heteroatoms. The number of hydrogen-bond donors (Lipinski definition) is 0. The summed E-state index contributed by atoms with van der Waals surface area (Å²) in [6.07, 6.45) is 20.2. The summed E-state index contributed by atoms with van der Waals surface area (Å²) in [5, 5.41) is 0. The Labute approximate surface area is 195 Å². The third-order valence-corrected chi connectivity index (χ3v) is 8.46. The summed E-state index contributed by atoms with van der Waals surface area (Å²) in [6, 6.07) is 9.34. The van der Waals surface area contributed by atoms with Gasteiger partial charge in [-0.2, -0.15) is 0 Å². The molecule has 3 aliphatic carbocycles. The molecule has 2 atom stereocenters. The first kappa shape index (κ1) is 24.0. The second-order valence-electron chi connectivity index (χ2n) is 10.5. The van der Waals surface area contributed by atoms with Crippen molar-refractivity contribution >= 4 is 0 Å². The Hall–Kier alpha value is -1.16. The van der Waals surface area contributed by atoms with Gasteiger partial charge in [0.2, 0.25) is 0 Å². The van der Waals surface area contributed by atoms with E-state index in [-0.39, 0.29) is 12.4 Å². The molecule has 0 amide bonds. The summed E-state index contributed by atoms with van der Waals surface area (Å²) in [6.45, 7) is 6.23. The van der Waals surface area contributed by atoms with Gasteiger partial charge in [0, 0.05) is 0 Å². The van der Waals surface area contributed by atoms with E-state index in [9.17, 15) is 0 Å². The second-order valence-corrected chi connectivity index (χ2v) is 10.5. The SMILES string of the molecule is CC/C=C/CCOC1COC(c2ccc(C34CCC(CCCCC)(CC3)CC4)cc2)CO1. The highest BCUT2D eigenvalue weighted by molar-refractivity contribution is 5.32. The predicted molar refractivity (Wildman–Crippen MR) is 131 cm³/mol. The first-order chi connectivity index (χ1) is 15.7. The first-order valence-corrected chi connectivity index (χ1v) is 13.3. The molecule has 1 aromatic carbocycles. The fourth-order valence-electron chi connectivity index (χ4n) is 6.20. The standard InChI is InChI=1S/C29H44O3/c1-3-5-7-9-21-30-27-23-31-26(22-32-27)24-10-12-25(13-11-24)29-18-15-28(16-19-29,17-20-29)14-8-6-4-2/h5,7,10-13,26-27H,3-4,6,8-9,14-23H2,1-2H3/b7-5+. The van der Waals surface area contributed by atoms with Gasteiger partial charge >= 0.3 is 0 Å². The van der Waals surface area contributed by atoms with Crippen LogP contribution in [0.25, 0.3) is 0 Å². The maximum absolute atomic E-state index is 6.09. The van der Waals surface area contributed by atoms with E-state index in [1.807, 2.05) is 0 Å². The summed E-state index contributed by atoms with van der Waals surface area (Å²) >= 11 is 0. The van der Waals surface area contributed by atoms with E-state index in [1.54, 1.807) is 5.56 Å². The minimum absolute atomic E-state index is 0.0188. The van der Waals surface area contributed by atoms with Crippen molar-refractivity contribution in [2.24, 2.45) is 5.41 Å². The van der Waals surface area contributed by atoms with E-state index in [2.05, 4.69) is 50.3 Å². The van der Waals surface area contributed by atoms with Gasteiger partial charge in [-0.15, -0.1) is 0 Å². The Balaban J connectivity index is 1.25. The summed E-state index contributed by atoms with van der Waals surface area (Å²) in [7, 11) is 0. The highest BCUT2D eigenvalue weighted by Crippen LogP contribution is 2.59. The van der Waals surface area contributed by atoms with Crippen LogP contribution in [0.4, 0.5) is 0 Å². The molecule has 3 saturated carbocycles. The van der Waals surface area contributed by atoms with Crippen molar-refractivity contribution in [3.63, 3.8) is 0 Å². The van der Waals surface area contributed by atoms with Crippen LogP contribution in [0.3, 0.4) is 0 Å². The number of benzene rings is 1. The number of fused-ring (bicyclic) bond motifs is 3. The third-order valence-electron chi connectivity index (χ3n) is 8.46. The lowest BCUT2D eigenvalue weighted by atomic mass is 9.51. The molecule has 178 valence electrons. The molecule has 1 aromatic rings. The molecule has 5 rings (SSSR count). The Morgan fingerprint density at radius 3 is 2.28 bits per heavy atom. The summed E-state index contributed by atoms with van der Waals surface area (Å²) in [4.78, 5) is 0. The lowest BCUT2D eigenvalue weighted by Gasteiger charge is -2.54. The zero-order valence-electron chi connectivity index (χ0n) is 20.5. The van der Waals surface area contributed by atoms with Gasteiger partial charge in [0.25, 0.3) is 0 Å². The van der Waals surface area contributed by atoms with Crippen molar-refractivity contribution in [2.75, 3.05) is 19.8 Å². The van der Waals surface area contributed by atoms with Crippen molar-refractivity contribution < 1.29 is 14.2 Å². The van der Waals surface area contributed by atoms with Crippen LogP contribution in [-0.2, 0) is 19.6 Å². The highest BCUT2D eigenvalue weighted by Gasteiger charge is 2.48. The van der Waals surface area contributed by atoms with Crippen LogP contribution >= 0.6 is 0 Å². The molecule has 2 bridgehead atoms. The van der Waals surface area contributed by atoms with Gasteiger partial charge in [-0.25, -0.2) is 0 Å². The van der Waals surface area contributed by atoms with Crippen LogP contribution in [0.1, 0.15) is 108 Å². The molecule has 1 heterocycles. The maximum Gasteiger partial charge on any atom is 0.180 e. The van der Waals surface area contributed by atoms with Crippen LogP contribution in [0.15, 0.2) is 36.4 Å². The van der Waals surface area contributed by atoms with Gasteiger partial charge in [-0.3, -0.25) is 0 Å². The maximum atomic E-state index is 6.09. The number of ether oxygens (including phenoxy) is 3. The lowest BCUT2D eigenvalue weighted by molar-refractivity contribution is -0.235. The predicted octanol–water partition coefficient (Wildman–Crippen LogP) is 7.65. The van der Waals surface area contributed by atoms with Gasteiger partial charge < -0.3 is 14.2 Å². The third kappa shape index (κ3) is 5.66. The molecule has 4 aliphatic rings. The topological polar surface area (TPSA) is 27.7 Å². The van der Waals surface area contributed by atoms with E-state index in [0.29, 0.717) is 30.7 Å². The molecular formula is C29H44O3. The largest absolute Gasteiger partial charge is 0.366 e. The monoisotopic (exact) mass is 440 g/mol. The Morgan fingerprint density at radius 2 is 1.66 bits per heavy atom. The quantitative estimate of drug-likeness (QED) is 0.261. The number of unbranched alkanes of at least 4 members (excludes halogenated alkanes) is 2. The molecule has 2 unspecified atom stereocenters. The molecule has 4 fully saturated rings. The second kappa shape index (κ2) is 11.3. The molecule has 0 aromatic heterocycles. The lowest BCUT2D eigenvalue weighted by Crippen LogP contribution is -2.44. The van der Waals surface area contributed by atoms with Crippen molar-refractivity contribution in [2.45, 2.75) is 109 Å². The van der Waals surface area contributed by atoms with Crippen LogP contribution in [0.5, 0.6) is 0 Å². The molecule has 1 saturated heterocycles. The minimum atomic E-state index is -0.235. The molecule has 1 aliphatic heterocycles. The van der Waals surface area contributed by atoms with Gasteiger partial charge in [0.1, 0.15) is 6.10 Å². The van der Waals surface area contributed by atoms with Crippen LogP contribution in [0, 0.1) is 5.41 Å². The average Bonchev–Trinajstić information content (AvgIpc) is 2.86. The Morgan fingerprint density at radius 1 is 0.906 bits per heavy atom. The van der Waals surface area contributed by atoms with Crippen molar-refractivity contribution in [1.29, 1.82) is 0 Å². The molecule has 3 nitrogen and oxygen atoms in total. The zero-order chi connectivity index (χ0) is 22.3. The van der Waals surface area contributed by atoms with Gasteiger partial charge in [-0.05, 0) is 79.7 Å². The van der Waals surface area contributed by atoms with Crippen LogP contribution in [-0.4, -0.2) is 26.1 Å².